The molecular formula is C34H45NO7S. The summed E-state index contributed by atoms with van der Waals surface area (Å²) in [7, 11) is -3.26. The number of hydrogen-bond acceptors (Lipinski definition) is 7. The second-order valence-electron chi connectivity index (χ2n) is 12.2. The van der Waals surface area contributed by atoms with Gasteiger partial charge in [0.1, 0.15) is 11.9 Å². The van der Waals surface area contributed by atoms with Crippen molar-refractivity contribution in [2.45, 2.75) is 100 Å². The van der Waals surface area contributed by atoms with Crippen molar-refractivity contribution in [2.75, 3.05) is 26.3 Å². The topological polar surface area (TPSA) is 91.4 Å². The van der Waals surface area contributed by atoms with Gasteiger partial charge in [0.2, 0.25) is 5.79 Å². The summed E-state index contributed by atoms with van der Waals surface area (Å²) in [6, 6.07) is 13.4. The lowest BCUT2D eigenvalue weighted by molar-refractivity contribution is -0.180. The molecule has 234 valence electrons. The Labute approximate surface area is 256 Å². The highest BCUT2D eigenvalue weighted by Gasteiger charge is 2.34. The molecule has 5 rings (SSSR count). The second-order valence-corrected chi connectivity index (χ2v) is 14.4. The van der Waals surface area contributed by atoms with Crippen LogP contribution < -0.4 is 4.74 Å². The molecule has 2 aromatic carbocycles. The number of fused-ring (bicyclic) bond motifs is 1. The van der Waals surface area contributed by atoms with E-state index in [0.717, 1.165) is 74.0 Å². The summed E-state index contributed by atoms with van der Waals surface area (Å²) in [6.07, 6.45) is 11.4. The van der Waals surface area contributed by atoms with Gasteiger partial charge < -0.3 is 23.8 Å². The molecule has 1 saturated heterocycles. The first kappa shape index (κ1) is 31.5. The third kappa shape index (κ3) is 8.40. The van der Waals surface area contributed by atoms with Gasteiger partial charge in [-0.25, -0.2) is 13.2 Å². The van der Waals surface area contributed by atoms with Gasteiger partial charge in [0.05, 0.1) is 23.3 Å². The van der Waals surface area contributed by atoms with Crippen LogP contribution in [0.15, 0.2) is 59.5 Å². The number of unbranched alkanes of at least 4 members (excludes halogenated alkanes) is 4. The zero-order valence-corrected chi connectivity index (χ0v) is 26.3. The number of rotatable bonds is 15. The number of benzene rings is 2. The molecule has 0 N–H and O–H groups in total. The van der Waals surface area contributed by atoms with Gasteiger partial charge in [0.15, 0.2) is 9.84 Å². The van der Waals surface area contributed by atoms with Crippen LogP contribution in [0.1, 0.15) is 88.0 Å². The molecule has 1 amide bonds. The van der Waals surface area contributed by atoms with Crippen molar-refractivity contribution in [1.29, 1.82) is 0 Å². The van der Waals surface area contributed by atoms with E-state index in [2.05, 4.69) is 0 Å². The maximum absolute atomic E-state index is 12.8. The van der Waals surface area contributed by atoms with E-state index in [4.69, 9.17) is 18.9 Å². The normalized spacial score (nSPS) is 19.8. The van der Waals surface area contributed by atoms with E-state index < -0.39 is 15.6 Å². The van der Waals surface area contributed by atoms with E-state index >= 15 is 0 Å². The Bertz CT molecular complexity index is 1380. The smallest absolute Gasteiger partial charge is 0.410 e. The fourth-order valence-electron chi connectivity index (χ4n) is 5.83. The molecular weight excluding hydrogens is 566 g/mol. The van der Waals surface area contributed by atoms with Gasteiger partial charge in [-0.05, 0) is 80.3 Å². The molecule has 0 spiro atoms. The van der Waals surface area contributed by atoms with E-state index in [1.807, 2.05) is 62.4 Å². The third-order valence-corrected chi connectivity index (χ3v) is 10.5. The number of hydrogen-bond donors (Lipinski definition) is 0. The van der Waals surface area contributed by atoms with Crippen molar-refractivity contribution < 1.29 is 32.2 Å². The molecule has 8 nitrogen and oxygen atoms in total. The van der Waals surface area contributed by atoms with Crippen LogP contribution in [0.5, 0.6) is 5.75 Å². The summed E-state index contributed by atoms with van der Waals surface area (Å²) >= 11 is 0. The van der Waals surface area contributed by atoms with Crippen LogP contribution in [-0.2, 0) is 37.1 Å². The minimum atomic E-state index is -3.26. The van der Waals surface area contributed by atoms with Crippen LogP contribution in [-0.4, -0.2) is 56.8 Å². The molecule has 0 unspecified atom stereocenters. The number of allylic oxidation sites excluding steroid dienone is 2. The van der Waals surface area contributed by atoms with Crippen molar-refractivity contribution >= 4 is 15.9 Å². The molecule has 9 heteroatoms. The molecule has 1 aliphatic carbocycles. The quantitative estimate of drug-likeness (QED) is 0.160. The Hall–Kier alpha value is -2.88. The second kappa shape index (κ2) is 14.3. The van der Waals surface area contributed by atoms with Crippen LogP contribution >= 0.6 is 0 Å². The van der Waals surface area contributed by atoms with E-state index in [1.165, 1.54) is 0 Å². The number of cyclic esters (lactones) is 1. The van der Waals surface area contributed by atoms with Gasteiger partial charge in [-0.3, -0.25) is 0 Å². The number of ether oxygens (including phenoxy) is 4. The minimum Gasteiger partial charge on any atom is -0.463 e. The molecule has 1 atom stereocenters. The molecule has 2 aromatic rings. The van der Waals surface area contributed by atoms with Gasteiger partial charge >= 0.3 is 6.09 Å². The molecule has 43 heavy (non-hydrogen) atoms. The van der Waals surface area contributed by atoms with Crippen molar-refractivity contribution in [3.8, 4) is 5.75 Å². The molecule has 0 radical (unpaired) electrons. The first-order valence-corrected chi connectivity index (χ1v) is 17.2. The average molecular weight is 612 g/mol. The Kier molecular flexibility index (Phi) is 10.5. The van der Waals surface area contributed by atoms with Crippen molar-refractivity contribution in [3.63, 3.8) is 0 Å². The number of carbonyl (C=O) groups is 1. The summed E-state index contributed by atoms with van der Waals surface area (Å²) in [5.74, 6) is 0.186. The Morgan fingerprint density at radius 2 is 1.72 bits per heavy atom. The average Bonchev–Trinajstić information content (AvgIpc) is 3.66. The highest BCUT2D eigenvalue weighted by Crippen LogP contribution is 2.35. The van der Waals surface area contributed by atoms with Crippen LogP contribution in [0.2, 0.25) is 0 Å². The zero-order valence-electron chi connectivity index (χ0n) is 25.5. The summed E-state index contributed by atoms with van der Waals surface area (Å²) in [4.78, 5) is 14.7. The van der Waals surface area contributed by atoms with Gasteiger partial charge in [0.25, 0.3) is 0 Å². The lowest BCUT2D eigenvalue weighted by atomic mass is 10.0. The summed E-state index contributed by atoms with van der Waals surface area (Å²) < 4.78 is 48.8. The largest absolute Gasteiger partial charge is 0.463 e. The first-order chi connectivity index (χ1) is 20.7. The lowest BCUT2D eigenvalue weighted by Gasteiger charge is -2.32. The Morgan fingerprint density at radius 1 is 0.953 bits per heavy atom. The van der Waals surface area contributed by atoms with Gasteiger partial charge in [-0.15, -0.1) is 0 Å². The van der Waals surface area contributed by atoms with Gasteiger partial charge in [-0.1, -0.05) is 43.2 Å². The zero-order chi connectivity index (χ0) is 30.3. The predicted molar refractivity (Wildman–Crippen MR) is 165 cm³/mol. The van der Waals surface area contributed by atoms with Crippen LogP contribution in [0, 0.1) is 0 Å². The summed E-state index contributed by atoms with van der Waals surface area (Å²) in [5, 5.41) is -0.314. The standard InChI is InChI=1S/C34H45NO7S/c1-34(2)40-25-28-23-27(17-18-31(28)42-34)32-24-35(33(36)41-32)19-8-3-4-9-20-39-21-10-7-12-26-13-11-16-30(22-26)43(37,38)29-14-5-6-15-29/h5-6,11,13,16-18,22-23,29,32H,3-4,7-10,12,14-15,19-21,24-25H2,1-2H3/t32-/m0/s1. The molecule has 2 heterocycles. The van der Waals surface area contributed by atoms with Crippen molar-refractivity contribution in [3.05, 3.63) is 71.3 Å². The van der Waals surface area contributed by atoms with Gasteiger partial charge in [0, 0.05) is 39.2 Å². The molecule has 3 aliphatic rings. The predicted octanol–water partition coefficient (Wildman–Crippen LogP) is 6.92. The van der Waals surface area contributed by atoms with Crippen LogP contribution in [0.3, 0.4) is 0 Å². The molecule has 0 aromatic heterocycles. The maximum atomic E-state index is 12.8. The molecule has 0 bridgehead atoms. The number of nitrogens with zero attached hydrogens (tertiary/aromatic N) is 1. The fourth-order valence-corrected chi connectivity index (χ4v) is 7.53. The number of sulfone groups is 1. The Balaban J connectivity index is 0.907. The molecule has 0 saturated carbocycles. The summed E-state index contributed by atoms with van der Waals surface area (Å²) in [5.41, 5.74) is 3.01. The minimum absolute atomic E-state index is 0.251. The third-order valence-electron chi connectivity index (χ3n) is 8.38. The van der Waals surface area contributed by atoms with E-state index in [-0.39, 0.29) is 17.4 Å². The maximum Gasteiger partial charge on any atom is 0.410 e. The van der Waals surface area contributed by atoms with Crippen LogP contribution in [0.25, 0.3) is 0 Å². The van der Waals surface area contributed by atoms with E-state index in [1.54, 1.807) is 11.0 Å². The lowest BCUT2D eigenvalue weighted by Crippen LogP contribution is -2.35. The first-order valence-electron chi connectivity index (χ1n) is 15.7. The SMILES string of the molecule is CC1(C)OCc2cc([C@@H]3CN(CCCCCCOCCCCc4cccc(S(=O)(=O)C5CC=CC5)c4)C(=O)O3)ccc2O1. The Morgan fingerprint density at radius 3 is 2.53 bits per heavy atom. The monoisotopic (exact) mass is 611 g/mol. The molecule has 2 aliphatic heterocycles. The van der Waals surface area contributed by atoms with Crippen molar-refractivity contribution in [1.82, 2.24) is 4.90 Å². The highest BCUT2D eigenvalue weighted by molar-refractivity contribution is 7.92. The molecule has 1 fully saturated rings. The fraction of sp³-hybridized carbons (Fsp3) is 0.559. The van der Waals surface area contributed by atoms with E-state index in [9.17, 15) is 13.2 Å². The number of carbonyl (C=O) groups excluding carboxylic acids is 1. The van der Waals surface area contributed by atoms with Crippen LogP contribution in [0.4, 0.5) is 4.79 Å². The summed E-state index contributed by atoms with van der Waals surface area (Å²) in [6.45, 7) is 6.97. The highest BCUT2D eigenvalue weighted by atomic mass is 32.2. The number of amides is 1. The van der Waals surface area contributed by atoms with Crippen molar-refractivity contribution in [2.24, 2.45) is 0 Å². The number of aryl methyl sites for hydroxylation is 1. The van der Waals surface area contributed by atoms with E-state index in [0.29, 0.717) is 44.0 Å². The van der Waals surface area contributed by atoms with Gasteiger partial charge in [-0.2, -0.15) is 0 Å².